The molecule has 2 aromatic rings. The van der Waals surface area contributed by atoms with Crippen molar-refractivity contribution in [2.24, 2.45) is 14.1 Å². The Labute approximate surface area is 118 Å². The second-order valence-corrected chi connectivity index (χ2v) is 5.60. The van der Waals surface area contributed by atoms with Gasteiger partial charge < -0.3 is 4.74 Å². The van der Waals surface area contributed by atoms with Crippen LogP contribution in [0.25, 0.3) is 0 Å². The molecule has 19 heavy (non-hydrogen) atoms. The van der Waals surface area contributed by atoms with Crippen molar-refractivity contribution in [1.82, 2.24) is 40.4 Å². The number of thioether (sulfide) groups is 2. The molecule has 0 bridgehead atoms. The highest BCUT2D eigenvalue weighted by Gasteiger charge is 2.03. The third-order valence-corrected chi connectivity index (χ3v) is 4.03. The van der Waals surface area contributed by atoms with Crippen molar-refractivity contribution in [1.29, 1.82) is 0 Å². The molecule has 0 aliphatic carbocycles. The average molecular weight is 302 g/mol. The largest absolute Gasteiger partial charge is 0.380 e. The first-order valence-electron chi connectivity index (χ1n) is 5.55. The van der Waals surface area contributed by atoms with Crippen LogP contribution < -0.4 is 0 Å². The highest BCUT2D eigenvalue weighted by molar-refractivity contribution is 7.99. The standard InChI is InChI=1S/C8H14N8OS2/c1-15-7(9-11-13-15)18-5-3-17-4-6-19-8-10-12-14-16(8)2/h3-6H2,1-2H3. The number of hydrogen-bond donors (Lipinski definition) is 0. The molecule has 0 aromatic carbocycles. The van der Waals surface area contributed by atoms with Gasteiger partial charge in [-0.15, -0.1) is 10.2 Å². The molecule has 11 heteroatoms. The fourth-order valence-corrected chi connectivity index (χ4v) is 2.58. The molecule has 104 valence electrons. The topological polar surface area (TPSA) is 96.4 Å². The molecule has 2 heterocycles. The Morgan fingerprint density at radius 1 is 0.895 bits per heavy atom. The van der Waals surface area contributed by atoms with Gasteiger partial charge in [0.15, 0.2) is 0 Å². The number of ether oxygens (including phenoxy) is 1. The molecular formula is C8H14N8OS2. The van der Waals surface area contributed by atoms with Gasteiger partial charge in [-0.1, -0.05) is 23.5 Å². The molecule has 0 aliphatic rings. The van der Waals surface area contributed by atoms with Crippen LogP contribution in [0.15, 0.2) is 10.3 Å². The number of rotatable bonds is 8. The number of aromatic nitrogens is 8. The lowest BCUT2D eigenvalue weighted by molar-refractivity contribution is 0.167. The molecule has 0 radical (unpaired) electrons. The maximum atomic E-state index is 5.51. The van der Waals surface area contributed by atoms with Gasteiger partial charge in [-0.3, -0.25) is 0 Å². The van der Waals surface area contributed by atoms with E-state index in [4.69, 9.17) is 4.74 Å². The zero-order valence-electron chi connectivity index (χ0n) is 10.6. The van der Waals surface area contributed by atoms with E-state index < -0.39 is 0 Å². The minimum atomic E-state index is 0.662. The Balaban J connectivity index is 1.51. The SMILES string of the molecule is Cn1nnnc1SCCOCCSc1nnnn1C. The van der Waals surface area contributed by atoms with Gasteiger partial charge in [0.05, 0.1) is 13.2 Å². The average Bonchev–Trinajstić information content (AvgIpc) is 2.98. The van der Waals surface area contributed by atoms with Crippen molar-refractivity contribution in [3.05, 3.63) is 0 Å². The van der Waals surface area contributed by atoms with E-state index >= 15 is 0 Å². The van der Waals surface area contributed by atoms with Crippen LogP contribution in [-0.2, 0) is 18.8 Å². The van der Waals surface area contributed by atoms with E-state index in [0.717, 1.165) is 21.8 Å². The normalized spacial score (nSPS) is 11.1. The molecule has 2 rings (SSSR count). The molecular weight excluding hydrogens is 288 g/mol. The minimum Gasteiger partial charge on any atom is -0.380 e. The molecule has 0 unspecified atom stereocenters. The fraction of sp³-hybridized carbons (Fsp3) is 0.750. The Morgan fingerprint density at radius 3 is 1.74 bits per heavy atom. The molecule has 0 aliphatic heterocycles. The minimum absolute atomic E-state index is 0.662. The summed E-state index contributed by atoms with van der Waals surface area (Å²) in [6.07, 6.45) is 0. The van der Waals surface area contributed by atoms with Gasteiger partial charge in [-0.2, -0.15) is 0 Å². The van der Waals surface area contributed by atoms with E-state index in [-0.39, 0.29) is 0 Å². The van der Waals surface area contributed by atoms with Crippen molar-refractivity contribution in [2.75, 3.05) is 24.7 Å². The number of hydrogen-bond acceptors (Lipinski definition) is 9. The van der Waals surface area contributed by atoms with Crippen molar-refractivity contribution in [3.63, 3.8) is 0 Å². The molecule has 0 saturated carbocycles. The smallest absolute Gasteiger partial charge is 0.209 e. The summed E-state index contributed by atoms with van der Waals surface area (Å²) in [4.78, 5) is 0. The van der Waals surface area contributed by atoms with E-state index in [1.807, 2.05) is 14.1 Å². The number of tetrazole rings is 2. The molecule has 0 atom stereocenters. The van der Waals surface area contributed by atoms with Crippen molar-refractivity contribution >= 4 is 23.5 Å². The predicted molar refractivity (Wildman–Crippen MR) is 69.9 cm³/mol. The Morgan fingerprint density at radius 2 is 1.37 bits per heavy atom. The summed E-state index contributed by atoms with van der Waals surface area (Å²) in [7, 11) is 3.63. The first-order valence-corrected chi connectivity index (χ1v) is 7.52. The summed E-state index contributed by atoms with van der Waals surface area (Å²) in [6, 6.07) is 0. The summed E-state index contributed by atoms with van der Waals surface area (Å²) < 4.78 is 8.79. The first kappa shape index (κ1) is 14.2. The van der Waals surface area contributed by atoms with Crippen LogP contribution in [0.1, 0.15) is 0 Å². The van der Waals surface area contributed by atoms with Crippen LogP contribution in [0, 0.1) is 0 Å². The lowest BCUT2D eigenvalue weighted by Gasteiger charge is -2.03. The number of aryl methyl sites for hydroxylation is 2. The number of nitrogens with zero attached hydrogens (tertiary/aromatic N) is 8. The monoisotopic (exact) mass is 302 g/mol. The van der Waals surface area contributed by atoms with E-state index in [1.165, 1.54) is 0 Å². The summed E-state index contributed by atoms with van der Waals surface area (Å²) in [6.45, 7) is 1.32. The summed E-state index contributed by atoms with van der Waals surface area (Å²) in [5.41, 5.74) is 0. The van der Waals surface area contributed by atoms with Crippen molar-refractivity contribution in [2.45, 2.75) is 10.3 Å². The van der Waals surface area contributed by atoms with Crippen molar-refractivity contribution < 1.29 is 4.74 Å². The van der Waals surface area contributed by atoms with Gasteiger partial charge in [0.1, 0.15) is 0 Å². The molecule has 2 aromatic heterocycles. The molecule has 0 N–H and O–H groups in total. The van der Waals surface area contributed by atoms with E-state index in [0.29, 0.717) is 13.2 Å². The predicted octanol–water partition coefficient (Wildman–Crippen LogP) is -0.365. The zero-order valence-corrected chi connectivity index (χ0v) is 12.3. The summed E-state index contributed by atoms with van der Waals surface area (Å²) in [5, 5.41) is 24.0. The van der Waals surface area contributed by atoms with Crippen LogP contribution in [0.5, 0.6) is 0 Å². The fourth-order valence-electron chi connectivity index (χ4n) is 1.17. The molecule has 9 nitrogen and oxygen atoms in total. The van der Waals surface area contributed by atoms with Crippen LogP contribution in [0.2, 0.25) is 0 Å². The van der Waals surface area contributed by atoms with Crippen molar-refractivity contribution in [3.8, 4) is 0 Å². The van der Waals surface area contributed by atoms with Gasteiger partial charge >= 0.3 is 0 Å². The van der Waals surface area contributed by atoms with E-state index in [9.17, 15) is 0 Å². The summed E-state index contributed by atoms with van der Waals surface area (Å²) >= 11 is 3.14. The van der Waals surface area contributed by atoms with Crippen LogP contribution in [-0.4, -0.2) is 65.1 Å². The molecule has 0 spiro atoms. The van der Waals surface area contributed by atoms with Crippen LogP contribution >= 0.6 is 23.5 Å². The third kappa shape index (κ3) is 4.44. The first-order chi connectivity index (χ1) is 9.27. The Kier molecular flexibility index (Phi) is 5.54. The highest BCUT2D eigenvalue weighted by Crippen LogP contribution is 2.13. The van der Waals surface area contributed by atoms with Gasteiger partial charge in [0, 0.05) is 25.6 Å². The maximum Gasteiger partial charge on any atom is 0.209 e. The lowest BCUT2D eigenvalue weighted by Crippen LogP contribution is -2.03. The quantitative estimate of drug-likeness (QED) is 0.478. The third-order valence-electron chi connectivity index (χ3n) is 2.08. The van der Waals surface area contributed by atoms with Gasteiger partial charge in [0.25, 0.3) is 0 Å². The second kappa shape index (κ2) is 7.40. The second-order valence-electron chi connectivity index (χ2n) is 3.48. The van der Waals surface area contributed by atoms with Gasteiger partial charge in [-0.05, 0) is 20.9 Å². The highest BCUT2D eigenvalue weighted by atomic mass is 32.2. The molecule has 0 fully saturated rings. The molecule has 0 amide bonds. The lowest BCUT2D eigenvalue weighted by atomic mass is 10.8. The zero-order chi connectivity index (χ0) is 13.5. The summed E-state index contributed by atoms with van der Waals surface area (Å²) in [5.74, 6) is 1.65. The van der Waals surface area contributed by atoms with E-state index in [2.05, 4.69) is 31.1 Å². The van der Waals surface area contributed by atoms with Gasteiger partial charge in [-0.25, -0.2) is 9.36 Å². The van der Waals surface area contributed by atoms with E-state index in [1.54, 1.807) is 32.9 Å². The maximum absolute atomic E-state index is 5.51. The molecule has 0 saturated heterocycles. The van der Waals surface area contributed by atoms with Crippen LogP contribution in [0.4, 0.5) is 0 Å². The van der Waals surface area contributed by atoms with Gasteiger partial charge in [0.2, 0.25) is 10.3 Å². The van der Waals surface area contributed by atoms with Crippen LogP contribution in [0.3, 0.4) is 0 Å². The Hall–Kier alpha value is -1.20. The Bertz CT molecular complexity index is 456.